The Hall–Kier alpha value is -1.81. The van der Waals surface area contributed by atoms with Crippen LogP contribution in [-0.2, 0) is 0 Å². The van der Waals surface area contributed by atoms with Crippen molar-refractivity contribution in [2.24, 2.45) is 0 Å². The Morgan fingerprint density at radius 2 is 1.81 bits per heavy atom. The minimum Gasteiger partial charge on any atom is -0.398 e. The Labute approximate surface area is 133 Å². The number of aryl methyl sites for hydroxylation is 1. The maximum Gasteiger partial charge on any atom is 0.255 e. The number of hydrogen-bond acceptors (Lipinski definition) is 2. The van der Waals surface area contributed by atoms with E-state index in [1.807, 2.05) is 37.3 Å². The molecule has 0 aromatic heterocycles. The number of nitrogens with one attached hydrogen (secondary N) is 1. The van der Waals surface area contributed by atoms with Gasteiger partial charge < -0.3 is 11.1 Å². The molecule has 0 atom stereocenters. The second kappa shape index (κ2) is 6.31. The Morgan fingerprint density at radius 1 is 1.19 bits per heavy atom. The fourth-order valence-electron chi connectivity index (χ4n) is 2.00. The summed E-state index contributed by atoms with van der Waals surface area (Å²) in [5.74, 6) is 0.308. The van der Waals surface area contributed by atoms with E-state index >= 15 is 0 Å². The predicted octanol–water partition coefficient (Wildman–Crippen LogP) is 4.72. The molecule has 0 spiro atoms. The molecule has 1 amide bonds. The molecule has 0 heterocycles. The average Bonchev–Trinajstić information content (AvgIpc) is 2.44. The zero-order valence-electron chi connectivity index (χ0n) is 12.4. The molecule has 0 aliphatic carbocycles. The van der Waals surface area contributed by atoms with E-state index in [1.54, 1.807) is 6.07 Å². The first-order valence-corrected chi connectivity index (χ1v) is 7.64. The van der Waals surface area contributed by atoms with Gasteiger partial charge in [0.1, 0.15) is 0 Å². The Balaban J connectivity index is 2.20. The van der Waals surface area contributed by atoms with Crippen LogP contribution >= 0.6 is 15.9 Å². The lowest BCUT2D eigenvalue weighted by molar-refractivity contribution is 0.102. The monoisotopic (exact) mass is 346 g/mol. The minimum atomic E-state index is -0.144. The minimum absolute atomic E-state index is 0.144. The fraction of sp³-hybridized carbons (Fsp3) is 0.235. The van der Waals surface area contributed by atoms with E-state index in [4.69, 9.17) is 5.73 Å². The lowest BCUT2D eigenvalue weighted by atomic mass is 10.0. The summed E-state index contributed by atoms with van der Waals surface area (Å²) in [6, 6.07) is 11.3. The molecule has 2 aromatic rings. The average molecular weight is 347 g/mol. The molecular formula is C17H19BrN2O. The smallest absolute Gasteiger partial charge is 0.255 e. The van der Waals surface area contributed by atoms with Crippen molar-refractivity contribution >= 4 is 33.2 Å². The van der Waals surface area contributed by atoms with Gasteiger partial charge >= 0.3 is 0 Å². The molecule has 0 aliphatic heterocycles. The summed E-state index contributed by atoms with van der Waals surface area (Å²) in [6.45, 7) is 6.18. The number of amides is 1. The van der Waals surface area contributed by atoms with E-state index < -0.39 is 0 Å². The predicted molar refractivity (Wildman–Crippen MR) is 91.8 cm³/mol. The van der Waals surface area contributed by atoms with Crippen LogP contribution in [0, 0.1) is 6.92 Å². The van der Waals surface area contributed by atoms with Crippen LogP contribution in [0.1, 0.15) is 41.3 Å². The number of rotatable bonds is 3. The molecule has 0 bridgehead atoms. The third-order valence-corrected chi connectivity index (χ3v) is 4.10. The van der Waals surface area contributed by atoms with Gasteiger partial charge in [0.05, 0.1) is 5.69 Å². The van der Waals surface area contributed by atoms with Crippen molar-refractivity contribution in [2.75, 3.05) is 11.1 Å². The summed E-state index contributed by atoms with van der Waals surface area (Å²) in [7, 11) is 0. The van der Waals surface area contributed by atoms with Crippen molar-refractivity contribution in [3.63, 3.8) is 0 Å². The topological polar surface area (TPSA) is 55.1 Å². The zero-order valence-corrected chi connectivity index (χ0v) is 14.0. The quantitative estimate of drug-likeness (QED) is 0.790. The molecule has 3 nitrogen and oxygen atoms in total. The molecule has 0 fully saturated rings. The van der Waals surface area contributed by atoms with Crippen LogP contribution in [0.4, 0.5) is 11.4 Å². The Bertz CT molecular complexity index is 663. The van der Waals surface area contributed by atoms with Crippen LogP contribution in [0.15, 0.2) is 40.9 Å². The molecule has 3 N–H and O–H groups in total. The Kier molecular flexibility index (Phi) is 4.68. The molecule has 2 aromatic carbocycles. The summed E-state index contributed by atoms with van der Waals surface area (Å²) in [5.41, 5.74) is 10.0. The van der Waals surface area contributed by atoms with E-state index in [-0.39, 0.29) is 5.91 Å². The molecule has 4 heteroatoms. The first-order valence-electron chi connectivity index (χ1n) is 6.85. The number of carbonyl (C=O) groups is 1. The standard InChI is InChI=1S/C17H19BrN2O/c1-10(2)12-4-6-13(7-5-12)17(21)20-16-9-15(19)11(3)8-14(16)18/h4-10H,19H2,1-3H3,(H,20,21). The van der Waals surface area contributed by atoms with Crippen molar-refractivity contribution < 1.29 is 4.79 Å². The van der Waals surface area contributed by atoms with E-state index in [9.17, 15) is 4.79 Å². The van der Waals surface area contributed by atoms with Gasteiger partial charge in [-0.15, -0.1) is 0 Å². The molecule has 2 rings (SSSR count). The zero-order chi connectivity index (χ0) is 15.6. The molecule has 0 unspecified atom stereocenters. The molecule has 0 saturated carbocycles. The van der Waals surface area contributed by atoms with E-state index in [0.717, 1.165) is 10.0 Å². The molecule has 21 heavy (non-hydrogen) atoms. The third-order valence-electron chi connectivity index (χ3n) is 3.44. The first kappa shape index (κ1) is 15.6. The molecule has 0 aliphatic rings. The van der Waals surface area contributed by atoms with E-state index in [0.29, 0.717) is 22.9 Å². The van der Waals surface area contributed by atoms with Gasteiger partial charge in [-0.05, 0) is 64.2 Å². The molecule has 0 saturated heterocycles. The Morgan fingerprint density at radius 3 is 2.38 bits per heavy atom. The number of hydrogen-bond donors (Lipinski definition) is 2. The largest absolute Gasteiger partial charge is 0.398 e. The van der Waals surface area contributed by atoms with Gasteiger partial charge in [0.15, 0.2) is 0 Å². The van der Waals surface area contributed by atoms with Crippen LogP contribution < -0.4 is 11.1 Å². The highest BCUT2D eigenvalue weighted by atomic mass is 79.9. The SMILES string of the molecule is Cc1cc(Br)c(NC(=O)c2ccc(C(C)C)cc2)cc1N. The van der Waals surface area contributed by atoms with Crippen LogP contribution in [-0.4, -0.2) is 5.91 Å². The van der Waals surface area contributed by atoms with Crippen molar-refractivity contribution in [3.8, 4) is 0 Å². The third kappa shape index (κ3) is 3.64. The number of benzene rings is 2. The maximum absolute atomic E-state index is 12.3. The van der Waals surface area contributed by atoms with Crippen LogP contribution in [0.5, 0.6) is 0 Å². The van der Waals surface area contributed by atoms with Gasteiger partial charge in [0, 0.05) is 15.7 Å². The van der Waals surface area contributed by atoms with Crippen molar-refractivity contribution in [1.82, 2.24) is 0 Å². The maximum atomic E-state index is 12.3. The molecule has 0 radical (unpaired) electrons. The first-order chi connectivity index (χ1) is 9.88. The fourth-order valence-corrected chi connectivity index (χ4v) is 2.56. The summed E-state index contributed by atoms with van der Waals surface area (Å²) in [4.78, 5) is 12.3. The normalized spacial score (nSPS) is 10.7. The van der Waals surface area contributed by atoms with Crippen LogP contribution in [0.25, 0.3) is 0 Å². The van der Waals surface area contributed by atoms with Gasteiger partial charge in [0.25, 0.3) is 5.91 Å². The second-order valence-corrected chi connectivity index (χ2v) is 6.27. The summed E-state index contributed by atoms with van der Waals surface area (Å²) < 4.78 is 0.821. The number of anilines is 2. The van der Waals surface area contributed by atoms with Gasteiger partial charge in [-0.1, -0.05) is 26.0 Å². The summed E-state index contributed by atoms with van der Waals surface area (Å²) in [6.07, 6.45) is 0. The summed E-state index contributed by atoms with van der Waals surface area (Å²) in [5, 5.41) is 2.88. The van der Waals surface area contributed by atoms with Gasteiger partial charge in [-0.25, -0.2) is 0 Å². The van der Waals surface area contributed by atoms with Gasteiger partial charge in [-0.3, -0.25) is 4.79 Å². The molecule has 110 valence electrons. The summed E-state index contributed by atoms with van der Waals surface area (Å²) >= 11 is 3.44. The highest BCUT2D eigenvalue weighted by Crippen LogP contribution is 2.28. The number of nitrogens with two attached hydrogens (primary N) is 1. The number of nitrogen functional groups attached to an aromatic ring is 1. The number of carbonyl (C=O) groups excluding carboxylic acids is 1. The van der Waals surface area contributed by atoms with Gasteiger partial charge in [0.2, 0.25) is 0 Å². The van der Waals surface area contributed by atoms with Crippen molar-refractivity contribution in [3.05, 3.63) is 57.6 Å². The highest BCUT2D eigenvalue weighted by molar-refractivity contribution is 9.10. The van der Waals surface area contributed by atoms with Crippen molar-refractivity contribution in [2.45, 2.75) is 26.7 Å². The lowest BCUT2D eigenvalue weighted by Crippen LogP contribution is -2.12. The van der Waals surface area contributed by atoms with E-state index in [1.165, 1.54) is 5.56 Å². The second-order valence-electron chi connectivity index (χ2n) is 5.42. The van der Waals surface area contributed by atoms with Gasteiger partial charge in [-0.2, -0.15) is 0 Å². The van der Waals surface area contributed by atoms with Crippen LogP contribution in [0.2, 0.25) is 0 Å². The highest BCUT2D eigenvalue weighted by Gasteiger charge is 2.10. The lowest BCUT2D eigenvalue weighted by Gasteiger charge is -2.11. The van der Waals surface area contributed by atoms with E-state index in [2.05, 4.69) is 35.1 Å². The van der Waals surface area contributed by atoms with Crippen LogP contribution in [0.3, 0.4) is 0 Å². The molecular weight excluding hydrogens is 328 g/mol. The number of halogens is 1. The van der Waals surface area contributed by atoms with Crippen molar-refractivity contribution in [1.29, 1.82) is 0 Å².